The molecule has 1 aromatic heterocycles. The summed E-state index contributed by atoms with van der Waals surface area (Å²) in [5, 5.41) is 3.42. The van der Waals surface area contributed by atoms with Crippen LogP contribution in [0.4, 0.5) is 11.6 Å². The lowest BCUT2D eigenvalue weighted by atomic mass is 10.3. The zero-order valence-electron chi connectivity index (χ0n) is 8.21. The fraction of sp³-hybridized carbons (Fsp3) is 0.333. The highest BCUT2D eigenvalue weighted by Gasteiger charge is 2.03. The van der Waals surface area contributed by atoms with Crippen LogP contribution in [0.3, 0.4) is 0 Å². The Morgan fingerprint density at radius 1 is 1.57 bits per heavy atom. The third-order valence-corrected chi connectivity index (χ3v) is 1.97. The Bertz CT molecular complexity index is 345. The molecular weight excluding hydrogens is 200 g/mol. The highest BCUT2D eigenvalue weighted by molar-refractivity contribution is 6.35. The Morgan fingerprint density at radius 2 is 2.29 bits per heavy atom. The number of nitrogens with one attached hydrogen (secondary N) is 1. The minimum Gasteiger partial charge on any atom is -0.382 e. The number of halogens is 1. The summed E-state index contributed by atoms with van der Waals surface area (Å²) in [6, 6.07) is 0. The first-order valence-electron chi connectivity index (χ1n) is 4.24. The molecule has 0 saturated heterocycles. The van der Waals surface area contributed by atoms with Crippen LogP contribution in [-0.2, 0) is 0 Å². The molecule has 14 heavy (non-hydrogen) atoms. The Kier molecular flexibility index (Phi) is 3.71. The van der Waals surface area contributed by atoms with E-state index in [1.165, 1.54) is 11.9 Å². The fourth-order valence-electron chi connectivity index (χ4n) is 0.859. The smallest absolute Gasteiger partial charge is 0.150 e. The summed E-state index contributed by atoms with van der Waals surface area (Å²) in [5.74, 6) is 0.859. The number of nitrogens with zero attached hydrogens (tertiary/aromatic N) is 2. The van der Waals surface area contributed by atoms with Gasteiger partial charge in [0.2, 0.25) is 0 Å². The number of anilines is 2. The largest absolute Gasteiger partial charge is 0.382 e. The number of nitrogen functional groups attached to an aromatic ring is 1. The summed E-state index contributed by atoms with van der Waals surface area (Å²) in [6.45, 7) is 4.73. The first kappa shape index (κ1) is 10.8. The van der Waals surface area contributed by atoms with E-state index in [2.05, 4.69) is 15.3 Å². The van der Waals surface area contributed by atoms with E-state index in [9.17, 15) is 0 Å². The molecular formula is C9H13ClN4. The number of allylic oxidation sites excluding steroid dienone is 1. The van der Waals surface area contributed by atoms with E-state index in [0.717, 1.165) is 0 Å². The number of hydrogen-bond donors (Lipinski definition) is 2. The van der Waals surface area contributed by atoms with Crippen molar-refractivity contribution < 1.29 is 0 Å². The van der Waals surface area contributed by atoms with Gasteiger partial charge < -0.3 is 11.1 Å². The van der Waals surface area contributed by atoms with Crippen molar-refractivity contribution in [3.05, 3.63) is 23.0 Å². The maximum absolute atomic E-state index is 5.88. The molecule has 0 fully saturated rings. The van der Waals surface area contributed by atoms with Crippen LogP contribution in [0.15, 0.2) is 18.0 Å². The molecule has 3 N–H and O–H groups in total. The molecule has 0 unspecified atom stereocenters. The van der Waals surface area contributed by atoms with E-state index in [0.29, 0.717) is 23.2 Å². The molecule has 0 bridgehead atoms. The van der Waals surface area contributed by atoms with E-state index in [-0.39, 0.29) is 0 Å². The van der Waals surface area contributed by atoms with Gasteiger partial charge in [0.25, 0.3) is 0 Å². The molecule has 0 spiro atoms. The van der Waals surface area contributed by atoms with Gasteiger partial charge in [-0.1, -0.05) is 23.3 Å². The molecule has 0 aromatic carbocycles. The van der Waals surface area contributed by atoms with Crippen molar-refractivity contribution in [2.75, 3.05) is 17.6 Å². The van der Waals surface area contributed by atoms with Crippen LogP contribution >= 0.6 is 11.6 Å². The van der Waals surface area contributed by atoms with Crippen molar-refractivity contribution in [2.24, 2.45) is 0 Å². The van der Waals surface area contributed by atoms with Crippen LogP contribution in [-0.4, -0.2) is 16.5 Å². The molecule has 0 amide bonds. The topological polar surface area (TPSA) is 63.8 Å². The van der Waals surface area contributed by atoms with Gasteiger partial charge in [0, 0.05) is 6.54 Å². The predicted octanol–water partition coefficient (Wildman–Crippen LogP) is 2.09. The molecule has 0 radical (unpaired) electrons. The molecule has 1 heterocycles. The summed E-state index contributed by atoms with van der Waals surface area (Å²) < 4.78 is 0. The highest BCUT2D eigenvalue weighted by atomic mass is 35.5. The lowest BCUT2D eigenvalue weighted by Gasteiger charge is -2.05. The van der Waals surface area contributed by atoms with Crippen molar-refractivity contribution >= 4 is 23.2 Å². The summed E-state index contributed by atoms with van der Waals surface area (Å²) in [6.07, 6.45) is 3.42. The Balaban J connectivity index is 2.68. The molecule has 1 rings (SSSR count). The van der Waals surface area contributed by atoms with Crippen LogP contribution in [0.5, 0.6) is 0 Å². The molecule has 4 nitrogen and oxygen atoms in total. The van der Waals surface area contributed by atoms with Crippen LogP contribution < -0.4 is 11.1 Å². The van der Waals surface area contributed by atoms with Crippen molar-refractivity contribution in [3.8, 4) is 0 Å². The molecule has 5 heteroatoms. The maximum Gasteiger partial charge on any atom is 0.150 e. The zero-order valence-corrected chi connectivity index (χ0v) is 8.97. The Hall–Kier alpha value is -1.29. The van der Waals surface area contributed by atoms with Gasteiger partial charge in [0.15, 0.2) is 5.82 Å². The van der Waals surface area contributed by atoms with Crippen molar-refractivity contribution in [2.45, 2.75) is 13.8 Å². The van der Waals surface area contributed by atoms with Gasteiger partial charge in [-0.3, -0.25) is 0 Å². The summed E-state index contributed by atoms with van der Waals surface area (Å²) in [7, 11) is 0. The van der Waals surface area contributed by atoms with Crippen LogP contribution in [0.2, 0.25) is 5.02 Å². The summed E-state index contributed by atoms with van der Waals surface area (Å²) >= 11 is 5.88. The van der Waals surface area contributed by atoms with Gasteiger partial charge in [0.05, 0.1) is 0 Å². The van der Waals surface area contributed by atoms with Gasteiger partial charge >= 0.3 is 0 Å². The first-order chi connectivity index (χ1) is 6.61. The number of hydrogen-bond acceptors (Lipinski definition) is 4. The molecule has 1 aromatic rings. The van der Waals surface area contributed by atoms with Crippen LogP contribution in [0, 0.1) is 0 Å². The molecule has 0 saturated carbocycles. The molecule has 0 atom stereocenters. The molecule has 0 aliphatic heterocycles. The normalized spacial score (nSPS) is 9.64. The van der Waals surface area contributed by atoms with E-state index in [1.54, 1.807) is 0 Å². The average molecular weight is 213 g/mol. The van der Waals surface area contributed by atoms with E-state index >= 15 is 0 Å². The number of rotatable bonds is 3. The second-order valence-electron chi connectivity index (χ2n) is 3.08. The monoisotopic (exact) mass is 212 g/mol. The lowest BCUT2D eigenvalue weighted by molar-refractivity contribution is 1.14. The first-order valence-corrected chi connectivity index (χ1v) is 4.62. The minimum absolute atomic E-state index is 0.293. The summed E-state index contributed by atoms with van der Waals surface area (Å²) in [4.78, 5) is 7.73. The highest BCUT2D eigenvalue weighted by Crippen LogP contribution is 2.22. The zero-order chi connectivity index (χ0) is 10.6. The van der Waals surface area contributed by atoms with Crippen LogP contribution in [0.25, 0.3) is 0 Å². The van der Waals surface area contributed by atoms with Gasteiger partial charge in [-0.25, -0.2) is 9.97 Å². The SMILES string of the molecule is CC(C)=CCNc1ncnc(N)c1Cl. The van der Waals surface area contributed by atoms with Gasteiger partial charge in [-0.2, -0.15) is 0 Å². The standard InChI is InChI=1S/C9H13ClN4/c1-6(2)3-4-12-9-7(10)8(11)13-5-14-9/h3,5H,4H2,1-2H3,(H3,11,12,13,14). The second-order valence-corrected chi connectivity index (χ2v) is 3.46. The van der Waals surface area contributed by atoms with Crippen molar-refractivity contribution in [3.63, 3.8) is 0 Å². The van der Waals surface area contributed by atoms with Crippen molar-refractivity contribution in [1.82, 2.24) is 9.97 Å². The third-order valence-electron chi connectivity index (χ3n) is 1.60. The number of nitrogens with two attached hydrogens (primary N) is 1. The van der Waals surface area contributed by atoms with Gasteiger partial charge in [-0.15, -0.1) is 0 Å². The van der Waals surface area contributed by atoms with Crippen molar-refractivity contribution in [1.29, 1.82) is 0 Å². The van der Waals surface area contributed by atoms with E-state index < -0.39 is 0 Å². The molecule has 0 aliphatic carbocycles. The van der Waals surface area contributed by atoms with E-state index in [1.807, 2.05) is 19.9 Å². The minimum atomic E-state index is 0.293. The predicted molar refractivity (Wildman–Crippen MR) is 59.4 cm³/mol. The second kappa shape index (κ2) is 4.81. The maximum atomic E-state index is 5.88. The van der Waals surface area contributed by atoms with E-state index in [4.69, 9.17) is 17.3 Å². The lowest BCUT2D eigenvalue weighted by Crippen LogP contribution is -2.04. The molecule has 76 valence electrons. The average Bonchev–Trinajstić information content (AvgIpc) is 2.12. The third kappa shape index (κ3) is 2.88. The number of aromatic nitrogens is 2. The van der Waals surface area contributed by atoms with Gasteiger partial charge in [-0.05, 0) is 13.8 Å². The quantitative estimate of drug-likeness (QED) is 0.754. The summed E-state index contributed by atoms with van der Waals surface area (Å²) in [5.41, 5.74) is 6.75. The Labute approximate surface area is 88.2 Å². The molecule has 0 aliphatic rings. The fourth-order valence-corrected chi connectivity index (χ4v) is 1.02. The van der Waals surface area contributed by atoms with Crippen LogP contribution in [0.1, 0.15) is 13.8 Å². The Morgan fingerprint density at radius 3 is 2.93 bits per heavy atom. The van der Waals surface area contributed by atoms with Gasteiger partial charge in [0.1, 0.15) is 17.2 Å².